The van der Waals surface area contributed by atoms with Gasteiger partial charge in [0, 0.05) is 18.5 Å². The molecule has 0 saturated carbocycles. The monoisotopic (exact) mass is 291 g/mol. The number of ether oxygens (including phenoxy) is 1. The van der Waals surface area contributed by atoms with E-state index in [9.17, 15) is 4.21 Å². The number of aromatic nitrogens is 2. The first-order valence-electron chi connectivity index (χ1n) is 5.68. The van der Waals surface area contributed by atoms with Crippen molar-refractivity contribution in [3.05, 3.63) is 36.2 Å². The van der Waals surface area contributed by atoms with Gasteiger partial charge in [0.15, 0.2) is 0 Å². The fourth-order valence-electron chi connectivity index (χ4n) is 1.76. The molecule has 0 spiro atoms. The van der Waals surface area contributed by atoms with Crippen molar-refractivity contribution in [1.29, 1.82) is 0 Å². The number of hydrogen-bond acceptors (Lipinski definition) is 6. The predicted molar refractivity (Wildman–Crippen MR) is 75.7 cm³/mol. The summed E-state index contributed by atoms with van der Waals surface area (Å²) in [6.45, 7) is 0. The Hall–Kier alpha value is -2.28. The van der Waals surface area contributed by atoms with E-state index in [-0.39, 0.29) is 5.69 Å². The molecule has 0 aliphatic carbocycles. The number of nitrogens with zero attached hydrogens (tertiary/aromatic N) is 3. The minimum Gasteiger partial charge on any atom is -0.495 e. The third-order valence-electron chi connectivity index (χ3n) is 2.58. The molecule has 2 aromatic heterocycles. The molecule has 0 radical (unpaired) electrons. The van der Waals surface area contributed by atoms with Crippen molar-refractivity contribution >= 4 is 17.0 Å². The summed E-state index contributed by atoms with van der Waals surface area (Å²) >= 11 is 0. The van der Waals surface area contributed by atoms with E-state index < -0.39 is 10.8 Å². The average molecular weight is 291 g/mol. The molecular formula is C13H13N3O3S. The zero-order valence-corrected chi connectivity index (χ0v) is 11.8. The molecule has 6 nitrogen and oxygen atoms in total. The normalized spacial score (nSPS) is 12.5. The summed E-state index contributed by atoms with van der Waals surface area (Å²) in [6, 6.07) is 7.09. The molecule has 0 saturated heterocycles. The lowest BCUT2D eigenvalue weighted by Crippen LogP contribution is -2.04. The summed E-state index contributed by atoms with van der Waals surface area (Å²) in [4.78, 5) is 8.90. The number of pyridine rings is 2. The van der Waals surface area contributed by atoms with Crippen LogP contribution in [0.5, 0.6) is 5.75 Å². The molecule has 0 aromatic carbocycles. The summed E-state index contributed by atoms with van der Waals surface area (Å²) in [7, 11) is 0.152. The van der Waals surface area contributed by atoms with E-state index in [1.165, 1.54) is 13.4 Å². The SMILES string of the molecule is COc1cc(-c2ccccn2)nc(C=NO)c1[S@](C)=O. The number of hydrogen-bond donors (Lipinski definition) is 1. The molecule has 104 valence electrons. The molecule has 0 aliphatic heterocycles. The number of methoxy groups -OCH3 is 1. The molecule has 1 atom stereocenters. The van der Waals surface area contributed by atoms with Crippen molar-refractivity contribution in [1.82, 2.24) is 9.97 Å². The van der Waals surface area contributed by atoms with Gasteiger partial charge >= 0.3 is 0 Å². The van der Waals surface area contributed by atoms with Crippen LogP contribution in [0.1, 0.15) is 5.69 Å². The third-order valence-corrected chi connectivity index (χ3v) is 3.57. The first-order chi connectivity index (χ1) is 9.67. The predicted octanol–water partition coefficient (Wildman–Crippen LogP) is 1.70. The Morgan fingerprint density at radius 3 is 2.75 bits per heavy atom. The van der Waals surface area contributed by atoms with Crippen LogP contribution in [-0.4, -0.2) is 39.0 Å². The molecule has 0 fully saturated rings. The second kappa shape index (κ2) is 6.25. The van der Waals surface area contributed by atoms with Gasteiger partial charge in [-0.05, 0) is 12.1 Å². The summed E-state index contributed by atoms with van der Waals surface area (Å²) in [5.41, 5.74) is 1.48. The van der Waals surface area contributed by atoms with Gasteiger partial charge in [0.2, 0.25) is 0 Å². The standard InChI is InChI=1S/C13H13N3O3S/c1-19-12-7-10(9-5-3-4-6-14-9)16-11(8-15-17)13(12)20(2)18/h3-8,17H,1-2H3/t20-/m0/s1. The fourth-order valence-corrected chi connectivity index (χ4v) is 2.58. The minimum atomic E-state index is -1.33. The van der Waals surface area contributed by atoms with Crippen LogP contribution in [0, 0.1) is 0 Å². The number of rotatable bonds is 4. The lowest BCUT2D eigenvalue weighted by atomic mass is 10.2. The molecule has 7 heteroatoms. The van der Waals surface area contributed by atoms with Gasteiger partial charge in [0.25, 0.3) is 0 Å². The van der Waals surface area contributed by atoms with E-state index in [0.29, 0.717) is 22.0 Å². The molecular weight excluding hydrogens is 278 g/mol. The van der Waals surface area contributed by atoms with Gasteiger partial charge in [-0.2, -0.15) is 0 Å². The van der Waals surface area contributed by atoms with Crippen LogP contribution in [0.15, 0.2) is 40.5 Å². The van der Waals surface area contributed by atoms with Crippen molar-refractivity contribution in [2.45, 2.75) is 4.90 Å². The molecule has 20 heavy (non-hydrogen) atoms. The van der Waals surface area contributed by atoms with Crippen LogP contribution in [0.4, 0.5) is 0 Å². The van der Waals surface area contributed by atoms with Crippen molar-refractivity contribution in [3.8, 4) is 17.1 Å². The molecule has 2 rings (SSSR count). The molecule has 2 aromatic rings. The Balaban J connectivity index is 2.68. The quantitative estimate of drug-likeness (QED) is 0.526. The molecule has 0 unspecified atom stereocenters. The Labute approximate surface area is 118 Å². The van der Waals surface area contributed by atoms with Crippen molar-refractivity contribution in [3.63, 3.8) is 0 Å². The lowest BCUT2D eigenvalue weighted by molar-refractivity contribution is 0.321. The van der Waals surface area contributed by atoms with Crippen molar-refractivity contribution in [2.75, 3.05) is 13.4 Å². The Bertz CT molecular complexity index is 659. The second-order valence-electron chi connectivity index (χ2n) is 3.84. The molecule has 0 bridgehead atoms. The van der Waals surface area contributed by atoms with Crippen molar-refractivity contribution in [2.24, 2.45) is 5.16 Å². The van der Waals surface area contributed by atoms with Crippen LogP contribution in [0.3, 0.4) is 0 Å². The summed E-state index contributed by atoms with van der Waals surface area (Å²) < 4.78 is 17.1. The summed E-state index contributed by atoms with van der Waals surface area (Å²) in [6.07, 6.45) is 4.29. The topological polar surface area (TPSA) is 84.7 Å². The third kappa shape index (κ3) is 2.83. The molecule has 2 heterocycles. The maximum Gasteiger partial charge on any atom is 0.139 e. The highest BCUT2D eigenvalue weighted by Gasteiger charge is 2.16. The van der Waals surface area contributed by atoms with Gasteiger partial charge in [-0.15, -0.1) is 0 Å². The van der Waals surface area contributed by atoms with E-state index in [2.05, 4.69) is 15.1 Å². The Morgan fingerprint density at radius 2 is 2.20 bits per heavy atom. The highest BCUT2D eigenvalue weighted by atomic mass is 32.2. The largest absolute Gasteiger partial charge is 0.495 e. The average Bonchev–Trinajstić information content (AvgIpc) is 2.47. The van der Waals surface area contributed by atoms with E-state index in [1.807, 2.05) is 6.07 Å². The van der Waals surface area contributed by atoms with Gasteiger partial charge in [0.05, 0.1) is 35.5 Å². The van der Waals surface area contributed by atoms with Crippen LogP contribution >= 0.6 is 0 Å². The van der Waals surface area contributed by atoms with E-state index >= 15 is 0 Å². The van der Waals surface area contributed by atoms with E-state index in [0.717, 1.165) is 6.21 Å². The van der Waals surface area contributed by atoms with Crippen LogP contribution in [0.2, 0.25) is 0 Å². The maximum atomic E-state index is 11.8. The molecule has 0 amide bonds. The summed E-state index contributed by atoms with van der Waals surface area (Å²) in [5, 5.41) is 11.7. The van der Waals surface area contributed by atoms with Crippen LogP contribution < -0.4 is 4.74 Å². The minimum absolute atomic E-state index is 0.285. The molecule has 0 aliphatic rings. The van der Waals surface area contributed by atoms with Gasteiger partial charge in [0.1, 0.15) is 16.3 Å². The zero-order valence-electron chi connectivity index (χ0n) is 11.0. The Kier molecular flexibility index (Phi) is 4.41. The first kappa shape index (κ1) is 14.1. The van der Waals surface area contributed by atoms with E-state index in [4.69, 9.17) is 9.94 Å². The smallest absolute Gasteiger partial charge is 0.139 e. The fraction of sp³-hybridized carbons (Fsp3) is 0.154. The zero-order chi connectivity index (χ0) is 14.5. The van der Waals surface area contributed by atoms with Gasteiger partial charge in [-0.1, -0.05) is 11.2 Å². The van der Waals surface area contributed by atoms with E-state index in [1.54, 1.807) is 24.4 Å². The van der Waals surface area contributed by atoms with Gasteiger partial charge < -0.3 is 9.94 Å². The Morgan fingerprint density at radius 1 is 1.40 bits per heavy atom. The summed E-state index contributed by atoms with van der Waals surface area (Å²) in [5.74, 6) is 0.413. The lowest BCUT2D eigenvalue weighted by Gasteiger charge is -2.11. The number of oxime groups is 1. The molecule has 1 N–H and O–H groups in total. The first-order valence-corrected chi connectivity index (χ1v) is 7.24. The maximum absolute atomic E-state index is 11.8. The van der Waals surface area contributed by atoms with Crippen LogP contribution in [-0.2, 0) is 10.8 Å². The van der Waals surface area contributed by atoms with Gasteiger partial charge in [-0.25, -0.2) is 4.98 Å². The van der Waals surface area contributed by atoms with Crippen LogP contribution in [0.25, 0.3) is 11.4 Å². The van der Waals surface area contributed by atoms with Gasteiger partial charge in [-0.3, -0.25) is 9.19 Å². The highest BCUT2D eigenvalue weighted by molar-refractivity contribution is 7.84. The second-order valence-corrected chi connectivity index (χ2v) is 5.15. The van der Waals surface area contributed by atoms with Crippen molar-refractivity contribution < 1.29 is 14.2 Å². The highest BCUT2D eigenvalue weighted by Crippen LogP contribution is 2.28.